The van der Waals surface area contributed by atoms with Crippen LogP contribution in [0.25, 0.3) is 93.9 Å². The van der Waals surface area contributed by atoms with Crippen LogP contribution in [0.1, 0.15) is 0 Å². The second-order valence-corrected chi connectivity index (χ2v) is 11.2. The summed E-state index contributed by atoms with van der Waals surface area (Å²) in [6.45, 7) is 0. The number of benzene rings is 6. The van der Waals surface area contributed by atoms with E-state index in [4.69, 9.17) is 29.8 Å². The Morgan fingerprint density at radius 1 is 0.535 bits per heavy atom. The van der Waals surface area contributed by atoms with Crippen LogP contribution in [-0.2, 0) is 0 Å². The van der Waals surface area contributed by atoms with Crippen LogP contribution in [0.5, 0.6) is 0 Å². The maximum Gasteiger partial charge on any atom is 0.231 e. The van der Waals surface area contributed by atoms with E-state index < -0.39 is 0 Å². The van der Waals surface area contributed by atoms with Crippen LogP contribution in [0.3, 0.4) is 0 Å². The molecule has 0 fully saturated rings. The molecule has 0 amide bonds. The average Bonchev–Trinajstić information content (AvgIpc) is 3.81. The number of hydrogen-bond donors (Lipinski definition) is 0. The van der Waals surface area contributed by atoms with Gasteiger partial charge in [-0.1, -0.05) is 84.4 Å². The molecule has 6 heteroatoms. The number of rotatable bonds is 2. The molecular formula is C37H19ClN2O3. The van der Waals surface area contributed by atoms with Crippen LogP contribution in [0.15, 0.2) is 129 Å². The fourth-order valence-electron chi connectivity index (χ4n) is 6.71. The molecule has 0 N–H and O–H groups in total. The predicted octanol–water partition coefficient (Wildman–Crippen LogP) is 11.0. The van der Waals surface area contributed by atoms with Gasteiger partial charge in [0.15, 0.2) is 5.58 Å². The van der Waals surface area contributed by atoms with Gasteiger partial charge in [-0.05, 0) is 36.4 Å². The highest BCUT2D eigenvalue weighted by Crippen LogP contribution is 2.44. The number of nitrogens with zero attached hydrogens (tertiary/aromatic N) is 2. The number of oxazole rings is 1. The molecule has 10 rings (SSSR count). The third-order valence-corrected chi connectivity index (χ3v) is 8.80. The van der Waals surface area contributed by atoms with Crippen molar-refractivity contribution in [2.45, 2.75) is 0 Å². The molecule has 0 saturated carbocycles. The van der Waals surface area contributed by atoms with Crippen molar-refractivity contribution in [2.24, 2.45) is 0 Å². The number of furan rings is 2. The van der Waals surface area contributed by atoms with E-state index in [1.807, 2.05) is 48.5 Å². The molecule has 0 atom stereocenters. The molecule has 5 nitrogen and oxygen atoms in total. The van der Waals surface area contributed by atoms with Crippen molar-refractivity contribution in [3.63, 3.8) is 0 Å². The van der Waals surface area contributed by atoms with Gasteiger partial charge in [-0.25, -0.2) is 4.98 Å². The molecule has 0 aliphatic heterocycles. The fourth-order valence-corrected chi connectivity index (χ4v) is 6.93. The lowest BCUT2D eigenvalue weighted by molar-refractivity contribution is 0.615. The molecule has 0 spiro atoms. The van der Waals surface area contributed by atoms with Crippen molar-refractivity contribution < 1.29 is 13.3 Å². The molecule has 0 radical (unpaired) electrons. The Bertz CT molecular complexity index is 2710. The van der Waals surface area contributed by atoms with Crippen LogP contribution in [0, 0.1) is 0 Å². The van der Waals surface area contributed by atoms with E-state index in [9.17, 15) is 0 Å². The van der Waals surface area contributed by atoms with Gasteiger partial charge in [-0.3, -0.25) is 0 Å². The van der Waals surface area contributed by atoms with Crippen LogP contribution >= 0.6 is 11.6 Å². The normalized spacial score (nSPS) is 12.3. The zero-order valence-electron chi connectivity index (χ0n) is 22.5. The summed E-state index contributed by atoms with van der Waals surface area (Å²) in [6, 6.07) is 39.1. The second kappa shape index (κ2) is 8.28. The average molecular weight is 575 g/mol. The quantitative estimate of drug-likeness (QED) is 0.206. The highest BCUT2D eigenvalue weighted by Gasteiger charge is 2.24. The molecule has 10 aromatic rings. The van der Waals surface area contributed by atoms with E-state index in [1.165, 1.54) is 10.8 Å². The molecule has 43 heavy (non-hydrogen) atoms. The third-order valence-electron chi connectivity index (χ3n) is 8.52. The molecule has 0 saturated heterocycles. The van der Waals surface area contributed by atoms with E-state index in [0.717, 1.165) is 55.0 Å². The molecule has 0 aliphatic carbocycles. The summed E-state index contributed by atoms with van der Waals surface area (Å²) in [5.74, 6) is 0.438. The highest BCUT2D eigenvalue weighted by atomic mass is 35.5. The highest BCUT2D eigenvalue weighted by molar-refractivity contribution is 6.37. The monoisotopic (exact) mass is 574 g/mol. The van der Waals surface area contributed by atoms with Crippen molar-refractivity contribution in [3.8, 4) is 17.1 Å². The Morgan fingerprint density at radius 3 is 1.86 bits per heavy atom. The number of fused-ring (bicyclic) bond motifs is 11. The van der Waals surface area contributed by atoms with Gasteiger partial charge < -0.3 is 17.8 Å². The molecule has 0 unspecified atom stereocenters. The van der Waals surface area contributed by atoms with Crippen molar-refractivity contribution in [1.29, 1.82) is 0 Å². The lowest BCUT2D eigenvalue weighted by atomic mass is 10.1. The lowest BCUT2D eigenvalue weighted by Gasteiger charge is -2.11. The Labute approximate surface area is 248 Å². The molecule has 0 bridgehead atoms. The second-order valence-electron chi connectivity index (χ2n) is 10.8. The van der Waals surface area contributed by atoms with E-state index in [2.05, 4.69) is 65.2 Å². The van der Waals surface area contributed by atoms with E-state index in [0.29, 0.717) is 33.2 Å². The largest absolute Gasteiger partial charge is 0.456 e. The van der Waals surface area contributed by atoms with Gasteiger partial charge in [0.2, 0.25) is 5.89 Å². The molecule has 6 aromatic carbocycles. The Hall–Kier alpha value is -5.52. The maximum atomic E-state index is 6.73. The summed E-state index contributed by atoms with van der Waals surface area (Å²) < 4.78 is 21.5. The zero-order chi connectivity index (χ0) is 28.2. The molecule has 4 aromatic heterocycles. The minimum absolute atomic E-state index is 0.438. The van der Waals surface area contributed by atoms with Gasteiger partial charge in [0, 0.05) is 27.6 Å². The first-order valence-electron chi connectivity index (χ1n) is 14.1. The first-order valence-corrected chi connectivity index (χ1v) is 14.5. The molecular weight excluding hydrogens is 556 g/mol. The zero-order valence-corrected chi connectivity index (χ0v) is 23.2. The summed E-state index contributed by atoms with van der Waals surface area (Å²) in [6.07, 6.45) is 0. The van der Waals surface area contributed by atoms with Crippen molar-refractivity contribution in [2.75, 3.05) is 0 Å². The van der Waals surface area contributed by atoms with E-state index in [1.54, 1.807) is 6.07 Å². The van der Waals surface area contributed by atoms with Crippen LogP contribution < -0.4 is 0 Å². The van der Waals surface area contributed by atoms with Crippen molar-refractivity contribution in [1.82, 2.24) is 9.55 Å². The van der Waals surface area contributed by atoms with Gasteiger partial charge in [-0.15, -0.1) is 0 Å². The van der Waals surface area contributed by atoms with E-state index >= 15 is 0 Å². The van der Waals surface area contributed by atoms with Gasteiger partial charge in [0.1, 0.15) is 27.8 Å². The van der Waals surface area contributed by atoms with E-state index in [-0.39, 0.29) is 0 Å². The van der Waals surface area contributed by atoms with Crippen LogP contribution in [0.4, 0.5) is 0 Å². The van der Waals surface area contributed by atoms with Gasteiger partial charge >= 0.3 is 0 Å². The SMILES string of the molecule is Clc1cc2oc3ccccc3c2c2nc(-c3ccc(-n4c5ccccc5c5ccccc54)c4c3oc3ccccc34)oc12. The maximum absolute atomic E-state index is 6.73. The molecule has 4 heterocycles. The van der Waals surface area contributed by atoms with Gasteiger partial charge in [0.25, 0.3) is 0 Å². The first-order chi connectivity index (χ1) is 21.2. The number of para-hydroxylation sites is 4. The fraction of sp³-hybridized carbons (Fsp3) is 0. The van der Waals surface area contributed by atoms with Gasteiger partial charge in [-0.2, -0.15) is 0 Å². The number of hydrogen-bond acceptors (Lipinski definition) is 4. The summed E-state index contributed by atoms with van der Waals surface area (Å²) in [5, 5.41) is 6.71. The smallest absolute Gasteiger partial charge is 0.231 e. The van der Waals surface area contributed by atoms with Crippen LogP contribution in [0.2, 0.25) is 5.02 Å². The number of aromatic nitrogens is 2. The topological polar surface area (TPSA) is 57.2 Å². The summed E-state index contributed by atoms with van der Waals surface area (Å²) >= 11 is 6.73. The minimum atomic E-state index is 0.438. The summed E-state index contributed by atoms with van der Waals surface area (Å²) in [5.41, 5.74) is 8.18. The Balaban J connectivity index is 1.32. The summed E-state index contributed by atoms with van der Waals surface area (Å²) in [4.78, 5) is 5.03. The van der Waals surface area contributed by atoms with Crippen molar-refractivity contribution >= 4 is 88.4 Å². The Kier molecular flexibility index (Phi) is 4.44. The van der Waals surface area contributed by atoms with Gasteiger partial charge in [0.05, 0.1) is 38.1 Å². The molecule has 202 valence electrons. The predicted molar refractivity (Wildman–Crippen MR) is 173 cm³/mol. The third kappa shape index (κ3) is 3.04. The Morgan fingerprint density at radius 2 is 1.14 bits per heavy atom. The lowest BCUT2D eigenvalue weighted by Crippen LogP contribution is -1.95. The summed E-state index contributed by atoms with van der Waals surface area (Å²) in [7, 11) is 0. The molecule has 0 aliphatic rings. The first kappa shape index (κ1) is 23.1. The standard InChI is InChI=1S/C37H19ClN2O3/c38-25-19-31-33(23-12-4-7-15-29(23)41-31)34-36(25)43-37(39-34)24-17-18-28(32-22-11-3-8-16-30(22)42-35(24)32)40-26-13-5-1-9-20(26)21-10-2-6-14-27(21)40/h1-19H. The van der Waals surface area contributed by atoms with Crippen molar-refractivity contribution in [3.05, 3.63) is 120 Å². The van der Waals surface area contributed by atoms with Crippen LogP contribution in [-0.4, -0.2) is 9.55 Å². The number of halogens is 1. The minimum Gasteiger partial charge on any atom is -0.456 e.